The van der Waals surface area contributed by atoms with Gasteiger partial charge in [-0.1, -0.05) is 47.0 Å². The molecule has 0 atom stereocenters. The molecular weight excluding hydrogens is 225 g/mol. The van der Waals surface area contributed by atoms with Crippen molar-refractivity contribution in [3.8, 4) is 0 Å². The lowest BCUT2D eigenvalue weighted by atomic mass is 10.1. The van der Waals surface area contributed by atoms with Gasteiger partial charge in [-0.25, -0.2) is 0 Å². The Balaban J connectivity index is 0. The third kappa shape index (κ3) is 9.87. The number of hydrogen-bond acceptors (Lipinski definition) is 0. The fourth-order valence-electron chi connectivity index (χ4n) is 2.63. The van der Waals surface area contributed by atoms with Crippen LogP contribution in [0.5, 0.6) is 0 Å². The average Bonchev–Trinajstić information content (AvgIpc) is 2.43. The van der Waals surface area contributed by atoms with Crippen molar-refractivity contribution in [2.75, 3.05) is 33.4 Å². The first-order chi connectivity index (χ1) is 8.74. The van der Waals surface area contributed by atoms with E-state index in [-0.39, 0.29) is 0 Å². The van der Waals surface area contributed by atoms with Crippen molar-refractivity contribution < 1.29 is 8.87 Å². The van der Waals surface area contributed by atoms with E-state index in [2.05, 4.69) is 27.7 Å². The van der Waals surface area contributed by atoms with Crippen LogP contribution < -0.4 is 0 Å². The first-order valence-corrected chi connectivity index (χ1v) is 7.97. The van der Waals surface area contributed by atoms with Crippen molar-refractivity contribution in [1.29, 1.82) is 0 Å². The Bertz CT molecular complexity index is 126. The molecule has 0 rings (SSSR count). The predicted molar refractivity (Wildman–Crippen MR) is 81.8 cm³/mol. The predicted octanol–water partition coefficient (Wildman–Crippen LogP) is 5.20. The van der Waals surface area contributed by atoms with Crippen LogP contribution in [0.4, 0.5) is 4.39 Å². The van der Waals surface area contributed by atoms with Gasteiger partial charge in [0.15, 0.2) is 0 Å². The molecule has 112 valence electrons. The second-order valence-electron chi connectivity index (χ2n) is 5.30. The molecule has 1 nitrogen and oxygen atoms in total. The summed E-state index contributed by atoms with van der Waals surface area (Å²) >= 11 is 0. The molecule has 0 aromatic heterocycles. The van der Waals surface area contributed by atoms with Gasteiger partial charge in [-0.3, -0.25) is 4.39 Å². The molecule has 18 heavy (non-hydrogen) atoms. The van der Waals surface area contributed by atoms with Crippen LogP contribution in [0.1, 0.15) is 72.6 Å². The van der Waals surface area contributed by atoms with Gasteiger partial charge in [-0.15, -0.1) is 0 Å². The molecule has 0 aromatic carbocycles. The molecule has 0 amide bonds. The van der Waals surface area contributed by atoms with Gasteiger partial charge >= 0.3 is 0 Å². The van der Waals surface area contributed by atoms with Crippen LogP contribution in [0.25, 0.3) is 0 Å². The van der Waals surface area contributed by atoms with E-state index in [9.17, 15) is 4.39 Å². The monoisotopic (exact) mass is 262 g/mol. The van der Waals surface area contributed by atoms with Crippen molar-refractivity contribution in [3.05, 3.63) is 0 Å². The molecule has 0 spiro atoms. The third-order valence-electron chi connectivity index (χ3n) is 3.66. The Morgan fingerprint density at radius 1 is 0.556 bits per heavy atom. The number of quaternary nitrogens is 1. The Morgan fingerprint density at radius 3 is 1.11 bits per heavy atom. The fraction of sp³-hybridized carbons (Fsp3) is 1.00. The van der Waals surface area contributed by atoms with Crippen LogP contribution in [0.3, 0.4) is 0 Å². The highest BCUT2D eigenvalue weighted by Gasteiger charge is 2.24. The van der Waals surface area contributed by atoms with E-state index in [0.717, 1.165) is 0 Å². The summed E-state index contributed by atoms with van der Waals surface area (Å²) in [5.41, 5.74) is 0. The van der Waals surface area contributed by atoms with Crippen LogP contribution in [0.2, 0.25) is 0 Å². The maximum atomic E-state index is 9.50. The third-order valence-corrected chi connectivity index (χ3v) is 3.66. The van der Waals surface area contributed by atoms with Crippen LogP contribution in [0, 0.1) is 0 Å². The van der Waals surface area contributed by atoms with E-state index < -0.39 is 0 Å². The lowest BCUT2D eigenvalue weighted by molar-refractivity contribution is -0.928. The summed E-state index contributed by atoms with van der Waals surface area (Å²) in [5.74, 6) is 0. The standard InChI is InChI=1S/C15H34N.CH3F/c1-5-9-13-16(12-8-4,14-10-6-2)15-11-7-3;1-2/h5-15H2,1-4H3;1H3/q+1;. The summed E-state index contributed by atoms with van der Waals surface area (Å²) in [6, 6.07) is 0. The number of unbranched alkanes of at least 4 members (excludes halogenated alkanes) is 3. The summed E-state index contributed by atoms with van der Waals surface area (Å²) < 4.78 is 10.9. The molecule has 0 aliphatic heterocycles. The van der Waals surface area contributed by atoms with E-state index in [0.29, 0.717) is 7.18 Å². The smallest absolute Gasteiger partial charge is 0.0786 e. The van der Waals surface area contributed by atoms with Crippen molar-refractivity contribution in [2.45, 2.75) is 72.6 Å². The summed E-state index contributed by atoms with van der Waals surface area (Å²) in [7, 11) is 0.500. The van der Waals surface area contributed by atoms with Gasteiger partial charge in [0.05, 0.1) is 33.4 Å². The summed E-state index contributed by atoms with van der Waals surface area (Å²) in [5, 5.41) is 0. The molecule has 0 aliphatic rings. The second-order valence-corrected chi connectivity index (χ2v) is 5.30. The molecule has 0 saturated heterocycles. The minimum atomic E-state index is 0.500. The van der Waals surface area contributed by atoms with E-state index in [4.69, 9.17) is 0 Å². The van der Waals surface area contributed by atoms with E-state index in [1.165, 1.54) is 75.6 Å². The van der Waals surface area contributed by atoms with E-state index in [1.807, 2.05) is 0 Å². The lowest BCUT2D eigenvalue weighted by Crippen LogP contribution is -2.50. The van der Waals surface area contributed by atoms with Gasteiger partial charge in [-0.2, -0.15) is 0 Å². The first-order valence-electron chi connectivity index (χ1n) is 7.97. The van der Waals surface area contributed by atoms with Gasteiger partial charge in [0.25, 0.3) is 0 Å². The summed E-state index contributed by atoms with van der Waals surface area (Å²) in [4.78, 5) is 0. The second kappa shape index (κ2) is 14.9. The molecule has 0 unspecified atom stereocenters. The Morgan fingerprint density at radius 2 is 0.889 bits per heavy atom. The highest BCUT2D eigenvalue weighted by molar-refractivity contribution is 4.48. The van der Waals surface area contributed by atoms with Gasteiger partial charge in [-0.05, 0) is 25.7 Å². The van der Waals surface area contributed by atoms with Crippen LogP contribution >= 0.6 is 0 Å². The van der Waals surface area contributed by atoms with Crippen molar-refractivity contribution in [1.82, 2.24) is 0 Å². The molecule has 2 heteroatoms. The molecule has 0 heterocycles. The van der Waals surface area contributed by atoms with Crippen molar-refractivity contribution >= 4 is 0 Å². The largest absolute Gasteiger partial charge is 0.324 e. The molecule has 0 bridgehead atoms. The minimum Gasteiger partial charge on any atom is -0.324 e. The average molecular weight is 262 g/mol. The normalized spacial score (nSPS) is 11.0. The molecule has 0 saturated carbocycles. The summed E-state index contributed by atoms with van der Waals surface area (Å²) in [6.45, 7) is 15.0. The SMILES string of the molecule is CCCC[N+](CCC)(CCCC)CCCC.CF. The minimum absolute atomic E-state index is 0.500. The zero-order chi connectivity index (χ0) is 14.3. The Hall–Kier alpha value is -0.110. The zero-order valence-corrected chi connectivity index (χ0v) is 13.6. The van der Waals surface area contributed by atoms with Gasteiger partial charge in [0.1, 0.15) is 0 Å². The molecule has 0 radical (unpaired) electrons. The van der Waals surface area contributed by atoms with Gasteiger partial charge < -0.3 is 4.48 Å². The first kappa shape index (κ1) is 20.2. The van der Waals surface area contributed by atoms with Crippen LogP contribution in [-0.2, 0) is 0 Å². The van der Waals surface area contributed by atoms with Gasteiger partial charge in [0, 0.05) is 0 Å². The zero-order valence-electron chi connectivity index (χ0n) is 13.6. The molecule has 0 aliphatic carbocycles. The number of alkyl halides is 1. The molecule has 0 aromatic rings. The van der Waals surface area contributed by atoms with Crippen LogP contribution in [0.15, 0.2) is 0 Å². The maximum Gasteiger partial charge on any atom is 0.0786 e. The molecule has 0 fully saturated rings. The Kier molecular flexibility index (Phi) is 16.8. The highest BCUT2D eigenvalue weighted by atomic mass is 19.1. The molecular formula is C16H37FN+. The molecule has 0 N–H and O–H groups in total. The summed E-state index contributed by atoms with van der Waals surface area (Å²) in [6.07, 6.45) is 9.62. The van der Waals surface area contributed by atoms with E-state index >= 15 is 0 Å². The highest BCUT2D eigenvalue weighted by Crippen LogP contribution is 2.15. The quantitative estimate of drug-likeness (QED) is 0.449. The number of halogens is 1. The van der Waals surface area contributed by atoms with Crippen LogP contribution in [-0.4, -0.2) is 37.8 Å². The Labute approximate surface area is 115 Å². The van der Waals surface area contributed by atoms with Crippen molar-refractivity contribution in [2.24, 2.45) is 0 Å². The van der Waals surface area contributed by atoms with Crippen molar-refractivity contribution in [3.63, 3.8) is 0 Å². The van der Waals surface area contributed by atoms with Gasteiger partial charge in [0.2, 0.25) is 0 Å². The maximum absolute atomic E-state index is 9.50. The number of rotatable bonds is 11. The fourth-order valence-corrected chi connectivity index (χ4v) is 2.63. The van der Waals surface area contributed by atoms with E-state index in [1.54, 1.807) is 0 Å². The number of nitrogens with zero attached hydrogens (tertiary/aromatic N) is 1. The topological polar surface area (TPSA) is 0 Å². The number of hydrogen-bond donors (Lipinski definition) is 0. The lowest BCUT2D eigenvalue weighted by Gasteiger charge is -2.39.